The number of nitrogens with zero attached hydrogens (tertiary/aromatic N) is 3. The molecule has 2 amide bonds. The summed E-state index contributed by atoms with van der Waals surface area (Å²) in [6, 6.07) is 9.71. The van der Waals surface area contributed by atoms with Crippen molar-refractivity contribution in [3.05, 3.63) is 70.6 Å². The van der Waals surface area contributed by atoms with Crippen molar-refractivity contribution in [3.63, 3.8) is 0 Å². The molecule has 0 unspecified atom stereocenters. The average Bonchev–Trinajstić information content (AvgIpc) is 3.61. The van der Waals surface area contributed by atoms with Gasteiger partial charge in [0.2, 0.25) is 11.8 Å². The Labute approximate surface area is 225 Å². The summed E-state index contributed by atoms with van der Waals surface area (Å²) in [5, 5.41) is 16.1. The molecule has 0 saturated carbocycles. The number of rotatable bonds is 7. The van der Waals surface area contributed by atoms with Gasteiger partial charge in [-0.2, -0.15) is 0 Å². The molecule has 39 heavy (non-hydrogen) atoms. The molecule has 12 heteroatoms. The fraction of sp³-hybridized carbons (Fsp3) is 0.259. The summed E-state index contributed by atoms with van der Waals surface area (Å²) in [6.45, 7) is 0.684. The molecular formula is C27H23ClF2N4O5. The standard InChI is InChI=1S/C27H23ClF2N4O5/c1-14(35)19-12-33(21-7-15(5-6-18(19)21)23-9-24(36)32-39-23)13-25(37)34-11-17(29)8-22(34)27(38)31-10-16-3-2-4-20(28)26(16)30/h2-7,9,12,17,22H,8,10-11,13H2,1H3,(H,31,38)(H,32,36)/t17-,22+/m1/s1. The summed E-state index contributed by atoms with van der Waals surface area (Å²) in [6.07, 6.45) is -0.0700. The van der Waals surface area contributed by atoms with Gasteiger partial charge in [-0.3, -0.25) is 14.4 Å². The van der Waals surface area contributed by atoms with Gasteiger partial charge in [0.25, 0.3) is 5.88 Å². The first-order chi connectivity index (χ1) is 18.6. The van der Waals surface area contributed by atoms with Crippen molar-refractivity contribution >= 4 is 40.1 Å². The lowest BCUT2D eigenvalue weighted by molar-refractivity contribution is -0.139. The third-order valence-corrected chi connectivity index (χ3v) is 7.00. The van der Waals surface area contributed by atoms with E-state index in [1.54, 1.807) is 28.8 Å². The molecule has 1 aliphatic rings. The Hall–Kier alpha value is -4.25. The van der Waals surface area contributed by atoms with Gasteiger partial charge in [-0.05, 0) is 24.2 Å². The van der Waals surface area contributed by atoms with E-state index in [1.807, 2.05) is 0 Å². The molecular weight excluding hydrogens is 534 g/mol. The zero-order valence-corrected chi connectivity index (χ0v) is 21.4. The molecule has 2 N–H and O–H groups in total. The van der Waals surface area contributed by atoms with Gasteiger partial charge in [0.05, 0.1) is 11.6 Å². The van der Waals surface area contributed by atoms with Gasteiger partial charge in [0.15, 0.2) is 11.5 Å². The highest BCUT2D eigenvalue weighted by molar-refractivity contribution is 6.30. The molecule has 2 aromatic carbocycles. The van der Waals surface area contributed by atoms with Crippen LogP contribution in [-0.4, -0.2) is 56.1 Å². The first-order valence-electron chi connectivity index (χ1n) is 12.1. The van der Waals surface area contributed by atoms with Gasteiger partial charge in [0, 0.05) is 52.8 Å². The monoisotopic (exact) mass is 556 g/mol. The summed E-state index contributed by atoms with van der Waals surface area (Å²) >= 11 is 5.79. The molecule has 0 spiro atoms. The summed E-state index contributed by atoms with van der Waals surface area (Å²) in [5.74, 6) is -2.03. The summed E-state index contributed by atoms with van der Waals surface area (Å²) in [4.78, 5) is 39.7. The van der Waals surface area contributed by atoms with Crippen molar-refractivity contribution in [2.45, 2.75) is 38.6 Å². The smallest absolute Gasteiger partial charge is 0.252 e. The van der Waals surface area contributed by atoms with Gasteiger partial charge in [0.1, 0.15) is 24.6 Å². The molecule has 5 rings (SSSR count). The SMILES string of the molecule is CC(=O)c1cn(CC(=O)N2C[C@H](F)C[C@H]2C(=O)NCc2cccc(Cl)c2F)c2cc(-c3cc(O)no3)ccc12. The van der Waals surface area contributed by atoms with Crippen LogP contribution < -0.4 is 5.32 Å². The zero-order chi connectivity index (χ0) is 27.8. The second kappa shape index (κ2) is 10.5. The molecule has 0 bridgehead atoms. The van der Waals surface area contributed by atoms with Crippen LogP contribution in [0, 0.1) is 5.82 Å². The van der Waals surface area contributed by atoms with E-state index in [-0.39, 0.29) is 54.1 Å². The maximum absolute atomic E-state index is 14.4. The van der Waals surface area contributed by atoms with Crippen molar-refractivity contribution in [2.75, 3.05) is 6.54 Å². The second-order valence-electron chi connectivity index (χ2n) is 9.33. The summed E-state index contributed by atoms with van der Waals surface area (Å²) < 4.78 is 35.3. The van der Waals surface area contributed by atoms with Crippen molar-refractivity contribution in [1.82, 2.24) is 19.9 Å². The molecule has 1 saturated heterocycles. The van der Waals surface area contributed by atoms with Crippen LogP contribution in [0.1, 0.15) is 29.3 Å². The number of benzene rings is 2. The predicted octanol–water partition coefficient (Wildman–Crippen LogP) is 4.25. The normalized spacial score (nSPS) is 17.1. The fourth-order valence-electron chi connectivity index (χ4n) is 4.79. The van der Waals surface area contributed by atoms with Crippen LogP contribution in [0.25, 0.3) is 22.2 Å². The van der Waals surface area contributed by atoms with Gasteiger partial charge >= 0.3 is 0 Å². The first-order valence-corrected chi connectivity index (χ1v) is 12.4. The number of hydrogen-bond donors (Lipinski definition) is 2. The van der Waals surface area contributed by atoms with Crippen LogP contribution in [0.15, 0.2) is 53.2 Å². The van der Waals surface area contributed by atoms with E-state index in [0.29, 0.717) is 22.0 Å². The molecule has 0 aliphatic carbocycles. The Balaban J connectivity index is 1.38. The molecule has 0 radical (unpaired) electrons. The van der Waals surface area contributed by atoms with Crippen LogP contribution in [0.2, 0.25) is 5.02 Å². The molecule has 4 aromatic rings. The third-order valence-electron chi connectivity index (χ3n) is 6.71. The number of nitrogens with one attached hydrogen (secondary N) is 1. The van der Waals surface area contributed by atoms with Crippen LogP contribution in [0.3, 0.4) is 0 Å². The first kappa shape index (κ1) is 26.4. The third kappa shape index (κ3) is 5.22. The van der Waals surface area contributed by atoms with E-state index >= 15 is 0 Å². The van der Waals surface area contributed by atoms with Crippen molar-refractivity contribution in [2.24, 2.45) is 0 Å². The lowest BCUT2D eigenvalue weighted by Crippen LogP contribution is -2.46. The van der Waals surface area contributed by atoms with Gasteiger partial charge in [-0.1, -0.05) is 35.9 Å². The number of fused-ring (bicyclic) bond motifs is 1. The van der Waals surface area contributed by atoms with Gasteiger partial charge in [-0.15, -0.1) is 0 Å². The Bertz CT molecular complexity index is 1600. The number of ketones is 1. The lowest BCUT2D eigenvalue weighted by atomic mass is 10.1. The van der Waals surface area contributed by atoms with E-state index in [2.05, 4.69) is 10.5 Å². The zero-order valence-electron chi connectivity index (χ0n) is 20.7. The van der Waals surface area contributed by atoms with E-state index in [4.69, 9.17) is 16.1 Å². The topological polar surface area (TPSA) is 118 Å². The number of aromatic hydroxyl groups is 1. The van der Waals surface area contributed by atoms with E-state index in [9.17, 15) is 28.3 Å². The number of carbonyl (C=O) groups excluding carboxylic acids is 3. The molecule has 2 aromatic heterocycles. The Morgan fingerprint density at radius 3 is 2.74 bits per heavy atom. The summed E-state index contributed by atoms with van der Waals surface area (Å²) in [7, 11) is 0. The highest BCUT2D eigenvalue weighted by Crippen LogP contribution is 2.30. The largest absolute Gasteiger partial charge is 0.491 e. The minimum atomic E-state index is -1.41. The maximum atomic E-state index is 14.4. The predicted molar refractivity (Wildman–Crippen MR) is 137 cm³/mol. The van der Waals surface area contributed by atoms with Gasteiger partial charge < -0.3 is 24.4 Å². The Morgan fingerprint density at radius 1 is 1.23 bits per heavy atom. The van der Waals surface area contributed by atoms with E-state index in [1.165, 1.54) is 31.3 Å². The van der Waals surface area contributed by atoms with Gasteiger partial charge in [-0.25, -0.2) is 8.78 Å². The molecule has 1 fully saturated rings. The second-order valence-corrected chi connectivity index (χ2v) is 9.74. The minimum Gasteiger partial charge on any atom is -0.491 e. The Morgan fingerprint density at radius 2 is 2.03 bits per heavy atom. The molecule has 202 valence electrons. The Kier molecular flexibility index (Phi) is 7.09. The number of carbonyl (C=O) groups is 3. The number of alkyl halides is 1. The quantitative estimate of drug-likeness (QED) is 0.329. The lowest BCUT2D eigenvalue weighted by Gasteiger charge is -2.24. The molecule has 9 nitrogen and oxygen atoms in total. The number of amides is 2. The highest BCUT2D eigenvalue weighted by Gasteiger charge is 2.39. The number of aromatic nitrogens is 2. The van der Waals surface area contributed by atoms with E-state index < -0.39 is 29.8 Å². The number of Topliss-reactive ketones (excluding diaryl/α,β-unsaturated/α-hetero) is 1. The van der Waals surface area contributed by atoms with E-state index in [0.717, 1.165) is 4.90 Å². The van der Waals surface area contributed by atoms with Crippen LogP contribution in [0.4, 0.5) is 8.78 Å². The fourth-order valence-corrected chi connectivity index (χ4v) is 4.98. The summed E-state index contributed by atoms with van der Waals surface area (Å²) in [5.41, 5.74) is 1.62. The van der Waals surface area contributed by atoms with Crippen molar-refractivity contribution in [3.8, 4) is 17.2 Å². The maximum Gasteiger partial charge on any atom is 0.252 e. The van der Waals surface area contributed by atoms with Crippen LogP contribution >= 0.6 is 11.6 Å². The number of likely N-dealkylation sites (tertiary alicyclic amines) is 1. The van der Waals surface area contributed by atoms with Crippen molar-refractivity contribution < 1.29 is 32.8 Å². The highest BCUT2D eigenvalue weighted by atomic mass is 35.5. The number of hydrogen-bond acceptors (Lipinski definition) is 6. The molecule has 3 heterocycles. The molecule has 2 atom stereocenters. The van der Waals surface area contributed by atoms with Crippen LogP contribution in [-0.2, 0) is 22.7 Å². The number of halogens is 3. The van der Waals surface area contributed by atoms with Crippen LogP contribution in [0.5, 0.6) is 5.88 Å². The molecule has 1 aliphatic heterocycles. The van der Waals surface area contributed by atoms with Crippen molar-refractivity contribution in [1.29, 1.82) is 0 Å². The minimum absolute atomic E-state index is 0.0876. The average molecular weight is 557 g/mol.